The van der Waals surface area contributed by atoms with Crippen molar-refractivity contribution in [3.63, 3.8) is 0 Å². The Kier molecular flexibility index (Phi) is 2.97. The molecule has 6 heteroatoms. The minimum atomic E-state index is -4.42. The van der Waals surface area contributed by atoms with E-state index in [4.69, 9.17) is 0 Å². The fourth-order valence-corrected chi connectivity index (χ4v) is 2.58. The molecule has 21 heavy (non-hydrogen) atoms. The summed E-state index contributed by atoms with van der Waals surface area (Å²) in [5.41, 5.74) is 0.856. The van der Waals surface area contributed by atoms with Gasteiger partial charge < -0.3 is 4.90 Å². The van der Waals surface area contributed by atoms with Crippen molar-refractivity contribution in [1.82, 2.24) is 4.98 Å². The molecule has 108 valence electrons. The zero-order valence-corrected chi connectivity index (χ0v) is 11.1. The Morgan fingerprint density at radius 2 is 1.81 bits per heavy atom. The summed E-state index contributed by atoms with van der Waals surface area (Å²) in [5, 5.41) is 0. The molecule has 2 heterocycles. The molecule has 1 aromatic carbocycles. The van der Waals surface area contributed by atoms with Gasteiger partial charge in [-0.25, -0.2) is 0 Å². The lowest BCUT2D eigenvalue weighted by Crippen LogP contribution is -2.24. The summed E-state index contributed by atoms with van der Waals surface area (Å²) in [5.74, 6) is -0.814. The molecule has 1 atom stereocenters. The zero-order chi connectivity index (χ0) is 15.2. The molecule has 0 spiro atoms. The standard InChI is InChI=1S/C15H11F3N2O/c1-20-12-8-10(15(16,17)18)2-3-11(12)13(14(20)21)9-4-6-19-7-5-9/h2-8,13H,1H3. The van der Waals surface area contributed by atoms with Gasteiger partial charge in [0.05, 0.1) is 11.5 Å². The maximum atomic E-state index is 12.8. The highest BCUT2D eigenvalue weighted by Gasteiger charge is 2.39. The molecule has 0 N–H and O–H groups in total. The third kappa shape index (κ3) is 2.16. The third-order valence-corrected chi connectivity index (χ3v) is 3.65. The Hall–Kier alpha value is -2.37. The normalized spacial score (nSPS) is 18.0. The Bertz CT molecular complexity index is 698. The van der Waals surface area contributed by atoms with Crippen molar-refractivity contribution in [2.75, 3.05) is 11.9 Å². The van der Waals surface area contributed by atoms with Gasteiger partial charge in [0, 0.05) is 25.1 Å². The molecule has 1 aromatic heterocycles. The predicted molar refractivity (Wildman–Crippen MR) is 70.9 cm³/mol. The lowest BCUT2D eigenvalue weighted by atomic mass is 9.93. The zero-order valence-electron chi connectivity index (χ0n) is 11.1. The molecule has 3 nitrogen and oxygen atoms in total. The SMILES string of the molecule is CN1C(=O)C(c2ccncc2)c2ccc(C(F)(F)F)cc21. The van der Waals surface area contributed by atoms with Crippen LogP contribution in [0.15, 0.2) is 42.7 Å². The second kappa shape index (κ2) is 4.58. The van der Waals surface area contributed by atoms with Gasteiger partial charge in [0.15, 0.2) is 0 Å². The summed E-state index contributed by atoms with van der Waals surface area (Å²) in [7, 11) is 1.49. The summed E-state index contributed by atoms with van der Waals surface area (Å²) >= 11 is 0. The van der Waals surface area contributed by atoms with Gasteiger partial charge >= 0.3 is 6.18 Å². The molecule has 0 bridgehead atoms. The highest BCUT2D eigenvalue weighted by Crippen LogP contribution is 2.43. The molecule has 0 radical (unpaired) electrons. The second-order valence-electron chi connectivity index (χ2n) is 4.88. The molecule has 1 amide bonds. The monoisotopic (exact) mass is 292 g/mol. The maximum absolute atomic E-state index is 12.8. The van der Waals surface area contributed by atoms with Gasteiger partial charge in [0.1, 0.15) is 0 Å². The van der Waals surface area contributed by atoms with Crippen LogP contribution in [0.3, 0.4) is 0 Å². The largest absolute Gasteiger partial charge is 0.416 e. The summed E-state index contributed by atoms with van der Waals surface area (Å²) in [6, 6.07) is 6.81. The minimum absolute atomic E-state index is 0.240. The van der Waals surface area contributed by atoms with Crippen LogP contribution in [-0.2, 0) is 11.0 Å². The molecule has 2 aromatic rings. The number of likely N-dealkylation sites (N-methyl/N-ethyl adjacent to an activating group) is 1. The number of pyridine rings is 1. The number of halogens is 3. The van der Waals surface area contributed by atoms with Crippen LogP contribution in [0.1, 0.15) is 22.6 Å². The molecule has 1 aliphatic heterocycles. The number of amides is 1. The maximum Gasteiger partial charge on any atom is 0.416 e. The Morgan fingerprint density at radius 3 is 2.43 bits per heavy atom. The first kappa shape index (κ1) is 13.6. The van der Waals surface area contributed by atoms with Crippen LogP contribution in [0.25, 0.3) is 0 Å². The van der Waals surface area contributed by atoms with Crippen molar-refractivity contribution in [2.24, 2.45) is 0 Å². The van der Waals surface area contributed by atoms with Crippen LogP contribution >= 0.6 is 0 Å². The van der Waals surface area contributed by atoms with E-state index in [2.05, 4.69) is 4.98 Å². The molecule has 0 fully saturated rings. The minimum Gasteiger partial charge on any atom is -0.314 e. The highest BCUT2D eigenvalue weighted by atomic mass is 19.4. The van der Waals surface area contributed by atoms with Crippen molar-refractivity contribution in [3.8, 4) is 0 Å². The predicted octanol–water partition coefficient (Wildman–Crippen LogP) is 3.21. The van der Waals surface area contributed by atoms with Gasteiger partial charge in [0.2, 0.25) is 5.91 Å². The topological polar surface area (TPSA) is 33.2 Å². The van der Waals surface area contributed by atoms with Gasteiger partial charge in [-0.05, 0) is 35.4 Å². The number of hydrogen-bond acceptors (Lipinski definition) is 2. The van der Waals surface area contributed by atoms with Crippen LogP contribution < -0.4 is 4.90 Å². The fraction of sp³-hybridized carbons (Fsp3) is 0.200. The van der Waals surface area contributed by atoms with Gasteiger partial charge in [-0.3, -0.25) is 9.78 Å². The number of fused-ring (bicyclic) bond motifs is 1. The van der Waals surface area contributed by atoms with Gasteiger partial charge in [0.25, 0.3) is 0 Å². The summed E-state index contributed by atoms with van der Waals surface area (Å²) in [4.78, 5) is 17.5. The number of rotatable bonds is 1. The van der Waals surface area contributed by atoms with E-state index in [1.54, 1.807) is 24.5 Å². The fourth-order valence-electron chi connectivity index (χ4n) is 2.58. The van der Waals surface area contributed by atoms with Crippen LogP contribution in [0, 0.1) is 0 Å². The summed E-state index contributed by atoms with van der Waals surface area (Å²) in [6.07, 6.45) is -1.30. The number of benzene rings is 1. The first-order valence-electron chi connectivity index (χ1n) is 6.28. The van der Waals surface area contributed by atoms with Crippen molar-refractivity contribution < 1.29 is 18.0 Å². The first-order valence-corrected chi connectivity index (χ1v) is 6.28. The number of anilines is 1. The first-order chi connectivity index (χ1) is 9.89. The van der Waals surface area contributed by atoms with Crippen molar-refractivity contribution in [1.29, 1.82) is 0 Å². The van der Waals surface area contributed by atoms with E-state index in [0.29, 0.717) is 11.3 Å². The van der Waals surface area contributed by atoms with Crippen molar-refractivity contribution in [2.45, 2.75) is 12.1 Å². The average molecular weight is 292 g/mol. The molecule has 1 unspecified atom stereocenters. The Balaban J connectivity index is 2.12. The Morgan fingerprint density at radius 1 is 1.14 bits per heavy atom. The van der Waals surface area contributed by atoms with Crippen molar-refractivity contribution >= 4 is 11.6 Å². The lowest BCUT2D eigenvalue weighted by Gasteiger charge is -2.12. The Labute approximate surface area is 119 Å². The lowest BCUT2D eigenvalue weighted by molar-refractivity contribution is -0.137. The molecular formula is C15H11F3N2O. The van der Waals surface area contributed by atoms with E-state index < -0.39 is 17.7 Å². The molecule has 0 saturated heterocycles. The number of carbonyl (C=O) groups is 1. The van der Waals surface area contributed by atoms with Crippen LogP contribution in [0.5, 0.6) is 0 Å². The molecular weight excluding hydrogens is 281 g/mol. The van der Waals surface area contributed by atoms with Crippen LogP contribution in [0.4, 0.5) is 18.9 Å². The third-order valence-electron chi connectivity index (χ3n) is 3.65. The number of nitrogens with zero attached hydrogens (tertiary/aromatic N) is 2. The number of alkyl halides is 3. The van der Waals surface area contributed by atoms with E-state index in [9.17, 15) is 18.0 Å². The molecule has 1 aliphatic rings. The molecule has 0 aliphatic carbocycles. The van der Waals surface area contributed by atoms with Crippen LogP contribution in [0.2, 0.25) is 0 Å². The number of aromatic nitrogens is 1. The molecule has 0 saturated carbocycles. The van der Waals surface area contributed by atoms with Crippen molar-refractivity contribution in [3.05, 3.63) is 59.4 Å². The van der Waals surface area contributed by atoms with E-state index in [1.165, 1.54) is 18.0 Å². The number of carbonyl (C=O) groups excluding carboxylic acids is 1. The van der Waals surface area contributed by atoms with Crippen LogP contribution in [-0.4, -0.2) is 17.9 Å². The van der Waals surface area contributed by atoms with E-state index in [1.807, 2.05) is 0 Å². The van der Waals surface area contributed by atoms with Gasteiger partial charge in [-0.2, -0.15) is 13.2 Å². The van der Waals surface area contributed by atoms with Gasteiger partial charge in [-0.1, -0.05) is 6.07 Å². The van der Waals surface area contributed by atoms with E-state index in [-0.39, 0.29) is 5.91 Å². The smallest absolute Gasteiger partial charge is 0.314 e. The quantitative estimate of drug-likeness (QED) is 0.808. The summed E-state index contributed by atoms with van der Waals surface area (Å²) in [6.45, 7) is 0. The summed E-state index contributed by atoms with van der Waals surface area (Å²) < 4.78 is 38.4. The number of hydrogen-bond donors (Lipinski definition) is 0. The molecule has 3 rings (SSSR count). The average Bonchev–Trinajstić information content (AvgIpc) is 2.71. The second-order valence-corrected chi connectivity index (χ2v) is 4.88. The highest BCUT2D eigenvalue weighted by molar-refractivity contribution is 6.06. The van der Waals surface area contributed by atoms with E-state index in [0.717, 1.165) is 17.7 Å². The van der Waals surface area contributed by atoms with Gasteiger partial charge in [-0.15, -0.1) is 0 Å². The van der Waals surface area contributed by atoms with E-state index >= 15 is 0 Å².